The molecule has 1 aromatic carbocycles. The molecule has 1 saturated carbocycles. The summed E-state index contributed by atoms with van der Waals surface area (Å²) in [5.41, 5.74) is -0.479. The molecule has 8 nitrogen and oxygen atoms in total. The summed E-state index contributed by atoms with van der Waals surface area (Å²) in [5.74, 6) is -1.30. The lowest BCUT2D eigenvalue weighted by atomic mass is 9.74. The van der Waals surface area contributed by atoms with Gasteiger partial charge < -0.3 is 25.0 Å². The quantitative estimate of drug-likeness (QED) is 0.557. The monoisotopic (exact) mass is 481 g/mol. The molecule has 5 rings (SSSR count). The normalized spacial score (nSPS) is 31.5. The molecule has 2 bridgehead atoms. The number of amides is 3. The van der Waals surface area contributed by atoms with Crippen LogP contribution in [0, 0.1) is 11.8 Å². The predicted molar refractivity (Wildman–Crippen MR) is 131 cm³/mol. The minimum absolute atomic E-state index is 0.131. The number of ether oxygens (including phenoxy) is 2. The zero-order valence-corrected chi connectivity index (χ0v) is 20.5. The van der Waals surface area contributed by atoms with Gasteiger partial charge in [-0.1, -0.05) is 44.8 Å². The number of carbonyl (C=O) groups is 3. The van der Waals surface area contributed by atoms with Crippen molar-refractivity contribution in [1.29, 1.82) is 0 Å². The van der Waals surface area contributed by atoms with Crippen LogP contribution in [0.4, 0.5) is 5.69 Å². The average molecular weight is 482 g/mol. The highest BCUT2D eigenvalue weighted by molar-refractivity contribution is 6.02. The van der Waals surface area contributed by atoms with Crippen LogP contribution >= 0.6 is 0 Å². The molecule has 3 heterocycles. The Hall–Kier alpha value is -2.87. The fraction of sp³-hybridized carbons (Fsp3) is 0.593. The molecule has 1 aliphatic carbocycles. The fourth-order valence-electron chi connectivity index (χ4n) is 6.26. The van der Waals surface area contributed by atoms with Gasteiger partial charge in [-0.15, -0.1) is 0 Å². The van der Waals surface area contributed by atoms with Gasteiger partial charge in [0.2, 0.25) is 17.7 Å². The molecule has 4 aliphatic rings. The summed E-state index contributed by atoms with van der Waals surface area (Å²) in [7, 11) is 1.59. The fourth-order valence-corrected chi connectivity index (χ4v) is 6.26. The van der Waals surface area contributed by atoms with E-state index in [0.717, 1.165) is 38.5 Å². The number of nitrogens with one attached hydrogen (secondary N) is 2. The van der Waals surface area contributed by atoms with Gasteiger partial charge in [-0.25, -0.2) is 0 Å². The van der Waals surface area contributed by atoms with Crippen molar-refractivity contribution >= 4 is 23.4 Å². The molecular weight excluding hydrogens is 446 g/mol. The van der Waals surface area contributed by atoms with E-state index in [4.69, 9.17) is 9.47 Å². The number of unbranched alkanes of at least 4 members (excludes halogenated alkanes) is 1. The maximum atomic E-state index is 13.8. The molecule has 2 N–H and O–H groups in total. The maximum Gasteiger partial charge on any atom is 0.246 e. The van der Waals surface area contributed by atoms with E-state index in [2.05, 4.69) is 17.6 Å². The molecule has 5 atom stereocenters. The number of fused-ring (bicyclic) bond motifs is 1. The van der Waals surface area contributed by atoms with Gasteiger partial charge >= 0.3 is 0 Å². The van der Waals surface area contributed by atoms with E-state index in [1.165, 1.54) is 6.42 Å². The van der Waals surface area contributed by atoms with Gasteiger partial charge in [0.1, 0.15) is 17.4 Å². The summed E-state index contributed by atoms with van der Waals surface area (Å²) in [6, 6.07) is 6.45. The zero-order chi connectivity index (χ0) is 24.6. The van der Waals surface area contributed by atoms with Crippen LogP contribution in [0.3, 0.4) is 0 Å². The van der Waals surface area contributed by atoms with Crippen LogP contribution in [0.5, 0.6) is 5.75 Å². The lowest BCUT2D eigenvalue weighted by Gasteiger charge is -2.34. The van der Waals surface area contributed by atoms with Gasteiger partial charge in [-0.2, -0.15) is 0 Å². The molecule has 3 fully saturated rings. The Bertz CT molecular complexity index is 1000. The first-order chi connectivity index (χ1) is 17.0. The molecule has 2 saturated heterocycles. The molecule has 35 heavy (non-hydrogen) atoms. The van der Waals surface area contributed by atoms with E-state index in [9.17, 15) is 14.4 Å². The minimum Gasteiger partial charge on any atom is -0.497 e. The van der Waals surface area contributed by atoms with Crippen LogP contribution in [-0.4, -0.2) is 60.1 Å². The van der Waals surface area contributed by atoms with E-state index in [1.54, 1.807) is 36.3 Å². The summed E-state index contributed by atoms with van der Waals surface area (Å²) in [6.07, 6.45) is 10.2. The summed E-state index contributed by atoms with van der Waals surface area (Å²) in [4.78, 5) is 42.5. The Morgan fingerprint density at radius 3 is 2.57 bits per heavy atom. The van der Waals surface area contributed by atoms with Crippen LogP contribution in [0.15, 0.2) is 36.4 Å². The predicted octanol–water partition coefficient (Wildman–Crippen LogP) is 3.03. The van der Waals surface area contributed by atoms with Gasteiger partial charge in [0, 0.05) is 18.3 Å². The Balaban J connectivity index is 1.40. The lowest BCUT2D eigenvalue weighted by molar-refractivity contribution is -0.141. The Morgan fingerprint density at radius 2 is 1.89 bits per heavy atom. The molecule has 0 radical (unpaired) electrons. The van der Waals surface area contributed by atoms with Crippen molar-refractivity contribution in [1.82, 2.24) is 10.2 Å². The molecule has 3 amide bonds. The first-order valence-corrected chi connectivity index (χ1v) is 12.9. The third kappa shape index (κ3) is 4.11. The van der Waals surface area contributed by atoms with E-state index in [-0.39, 0.29) is 23.8 Å². The van der Waals surface area contributed by atoms with Gasteiger partial charge in [0.15, 0.2) is 0 Å². The number of benzene rings is 1. The Morgan fingerprint density at radius 1 is 1.14 bits per heavy atom. The molecule has 5 unspecified atom stereocenters. The SMILES string of the molecule is CCCCN1C(=O)C2C(C(=O)Nc3ccc(OC)cc3)C3C=CC2(O3)C1C(=O)NC1CCCCC1. The van der Waals surface area contributed by atoms with E-state index >= 15 is 0 Å². The summed E-state index contributed by atoms with van der Waals surface area (Å²) < 4.78 is 11.6. The van der Waals surface area contributed by atoms with Crippen LogP contribution in [-0.2, 0) is 19.1 Å². The Labute approximate surface area is 206 Å². The summed E-state index contributed by atoms with van der Waals surface area (Å²) in [5, 5.41) is 6.15. The molecule has 1 spiro atoms. The second-order valence-corrected chi connectivity index (χ2v) is 10.1. The number of likely N-dealkylation sites (tertiary alicyclic amines) is 1. The molecule has 188 valence electrons. The lowest BCUT2D eigenvalue weighted by Crippen LogP contribution is -2.56. The second kappa shape index (κ2) is 9.64. The standard InChI is InChI=1S/C27H35N3O5/c1-3-4-16-30-23(25(32)29-17-8-6-5-7-9-17)27-15-14-20(35-27)21(22(27)26(30)33)24(31)28-18-10-12-19(34-2)13-11-18/h10-15,17,20-23H,3-9,16H2,1-2H3,(H,28,31)(H,29,32). The number of hydrogen-bond donors (Lipinski definition) is 2. The van der Waals surface area contributed by atoms with Gasteiger partial charge in [-0.3, -0.25) is 14.4 Å². The first kappa shape index (κ1) is 23.9. The van der Waals surface area contributed by atoms with Crippen LogP contribution in [0.25, 0.3) is 0 Å². The molecule has 0 aromatic heterocycles. The van der Waals surface area contributed by atoms with E-state index < -0.39 is 29.6 Å². The highest BCUT2D eigenvalue weighted by Gasteiger charge is 2.72. The zero-order valence-electron chi connectivity index (χ0n) is 20.5. The molecule has 8 heteroatoms. The van der Waals surface area contributed by atoms with Crippen molar-refractivity contribution in [2.75, 3.05) is 19.0 Å². The highest BCUT2D eigenvalue weighted by atomic mass is 16.5. The third-order valence-corrected chi connectivity index (χ3v) is 7.99. The number of anilines is 1. The summed E-state index contributed by atoms with van der Waals surface area (Å²) >= 11 is 0. The number of nitrogens with zero attached hydrogens (tertiary/aromatic N) is 1. The van der Waals surface area contributed by atoms with Crippen molar-refractivity contribution in [2.24, 2.45) is 11.8 Å². The average Bonchev–Trinajstić information content (AvgIpc) is 3.51. The third-order valence-electron chi connectivity index (χ3n) is 7.99. The summed E-state index contributed by atoms with van der Waals surface area (Å²) in [6.45, 7) is 2.54. The van der Waals surface area contributed by atoms with Crippen molar-refractivity contribution in [3.8, 4) is 5.75 Å². The van der Waals surface area contributed by atoms with Gasteiger partial charge in [-0.05, 0) is 43.5 Å². The van der Waals surface area contributed by atoms with Crippen molar-refractivity contribution in [3.05, 3.63) is 36.4 Å². The number of rotatable bonds is 8. The Kier molecular flexibility index (Phi) is 6.57. The maximum absolute atomic E-state index is 13.8. The second-order valence-electron chi connectivity index (χ2n) is 10.1. The van der Waals surface area contributed by atoms with Gasteiger partial charge in [0.25, 0.3) is 0 Å². The van der Waals surface area contributed by atoms with Crippen LogP contribution in [0.1, 0.15) is 51.9 Å². The molecule has 3 aliphatic heterocycles. The van der Waals surface area contributed by atoms with E-state index in [0.29, 0.717) is 18.0 Å². The minimum atomic E-state index is -1.10. The largest absolute Gasteiger partial charge is 0.497 e. The van der Waals surface area contributed by atoms with Crippen molar-refractivity contribution in [2.45, 2.75) is 75.7 Å². The van der Waals surface area contributed by atoms with Crippen molar-refractivity contribution < 1.29 is 23.9 Å². The van der Waals surface area contributed by atoms with Crippen LogP contribution in [0.2, 0.25) is 0 Å². The number of hydrogen-bond acceptors (Lipinski definition) is 5. The van der Waals surface area contributed by atoms with Gasteiger partial charge in [0.05, 0.1) is 25.0 Å². The highest BCUT2D eigenvalue weighted by Crippen LogP contribution is 2.55. The van der Waals surface area contributed by atoms with Crippen molar-refractivity contribution in [3.63, 3.8) is 0 Å². The molecular formula is C27H35N3O5. The molecule has 1 aromatic rings. The first-order valence-electron chi connectivity index (χ1n) is 12.9. The number of methoxy groups -OCH3 is 1. The van der Waals surface area contributed by atoms with E-state index in [1.807, 2.05) is 12.2 Å². The smallest absolute Gasteiger partial charge is 0.246 e. The topological polar surface area (TPSA) is 97.0 Å². The number of carbonyl (C=O) groups excluding carboxylic acids is 3. The van der Waals surface area contributed by atoms with Crippen LogP contribution < -0.4 is 15.4 Å².